The van der Waals surface area contributed by atoms with E-state index in [2.05, 4.69) is 32.7 Å². The first-order valence-corrected chi connectivity index (χ1v) is 8.86. The molecule has 3 aromatic rings. The average Bonchev–Trinajstić information content (AvgIpc) is 3.10. The number of nitrogens with zero attached hydrogens (tertiary/aromatic N) is 4. The van der Waals surface area contributed by atoms with Gasteiger partial charge in [-0.25, -0.2) is 10.0 Å². The summed E-state index contributed by atoms with van der Waals surface area (Å²) >= 11 is 0. The molecule has 0 unspecified atom stereocenters. The van der Waals surface area contributed by atoms with Gasteiger partial charge >= 0.3 is 0 Å². The number of nitrogens with one attached hydrogen (secondary N) is 2. The SMILES string of the molecule is ON1CNc2c(-c3ccccc3)cc3ncc(N4CCNCC4)nc3c21. The van der Waals surface area contributed by atoms with Crippen LogP contribution in [0.25, 0.3) is 22.2 Å². The molecule has 0 bridgehead atoms. The van der Waals surface area contributed by atoms with Gasteiger partial charge in [-0.1, -0.05) is 30.3 Å². The molecule has 7 heteroatoms. The minimum Gasteiger partial charge on any atom is -0.364 e. The molecule has 1 fully saturated rings. The largest absolute Gasteiger partial charge is 0.364 e. The summed E-state index contributed by atoms with van der Waals surface area (Å²) in [4.78, 5) is 11.7. The molecule has 2 aliphatic heterocycles. The highest BCUT2D eigenvalue weighted by molar-refractivity contribution is 6.05. The van der Waals surface area contributed by atoms with Gasteiger partial charge in [-0.15, -0.1) is 0 Å². The number of hydrogen-bond donors (Lipinski definition) is 3. The molecule has 26 heavy (non-hydrogen) atoms. The van der Waals surface area contributed by atoms with E-state index in [1.165, 1.54) is 5.06 Å². The van der Waals surface area contributed by atoms with Crippen LogP contribution in [0.2, 0.25) is 0 Å². The number of hydrogen-bond acceptors (Lipinski definition) is 7. The number of anilines is 3. The lowest BCUT2D eigenvalue weighted by molar-refractivity contribution is 0.269. The van der Waals surface area contributed by atoms with Gasteiger partial charge in [0, 0.05) is 31.7 Å². The van der Waals surface area contributed by atoms with E-state index in [-0.39, 0.29) is 0 Å². The molecule has 0 saturated carbocycles. The van der Waals surface area contributed by atoms with Crippen molar-refractivity contribution in [3.63, 3.8) is 0 Å². The van der Waals surface area contributed by atoms with Gasteiger partial charge in [-0.05, 0) is 11.6 Å². The van der Waals surface area contributed by atoms with Crippen LogP contribution >= 0.6 is 0 Å². The summed E-state index contributed by atoms with van der Waals surface area (Å²) < 4.78 is 0. The van der Waals surface area contributed by atoms with Crippen LogP contribution in [0.15, 0.2) is 42.6 Å². The molecule has 1 saturated heterocycles. The Bertz CT molecular complexity index is 955. The van der Waals surface area contributed by atoms with Gasteiger partial charge < -0.3 is 15.5 Å². The first-order valence-electron chi connectivity index (χ1n) is 8.86. The maximum Gasteiger partial charge on any atom is 0.148 e. The molecule has 0 amide bonds. The van der Waals surface area contributed by atoms with Crippen LogP contribution in [-0.2, 0) is 0 Å². The van der Waals surface area contributed by atoms with Gasteiger partial charge in [0.05, 0.1) is 17.4 Å². The van der Waals surface area contributed by atoms with E-state index in [1.807, 2.05) is 30.5 Å². The average molecular weight is 348 g/mol. The Hall–Kier alpha value is -2.90. The van der Waals surface area contributed by atoms with E-state index < -0.39 is 0 Å². The Kier molecular flexibility index (Phi) is 3.62. The molecular formula is C19H20N6O. The quantitative estimate of drug-likeness (QED) is 0.656. The summed E-state index contributed by atoms with van der Waals surface area (Å²) in [6, 6.07) is 12.2. The predicted octanol–water partition coefficient (Wildman–Crippen LogP) is 2.29. The number of benzene rings is 2. The van der Waals surface area contributed by atoms with E-state index in [0.717, 1.165) is 59.8 Å². The fraction of sp³-hybridized carbons (Fsp3) is 0.263. The normalized spacial score (nSPS) is 16.7. The maximum atomic E-state index is 10.4. The summed E-state index contributed by atoms with van der Waals surface area (Å²) in [5.41, 5.74) is 5.21. The number of rotatable bonds is 2. The monoisotopic (exact) mass is 348 g/mol. The molecule has 132 valence electrons. The zero-order chi connectivity index (χ0) is 17.5. The molecule has 1 aromatic heterocycles. The van der Waals surface area contributed by atoms with Crippen molar-refractivity contribution in [2.24, 2.45) is 0 Å². The minimum absolute atomic E-state index is 0.341. The third-order valence-corrected chi connectivity index (χ3v) is 4.99. The topological polar surface area (TPSA) is 76.6 Å². The van der Waals surface area contributed by atoms with Crippen molar-refractivity contribution in [2.75, 3.05) is 48.1 Å². The van der Waals surface area contributed by atoms with Crippen LogP contribution in [0.5, 0.6) is 0 Å². The van der Waals surface area contributed by atoms with Crippen LogP contribution in [0.3, 0.4) is 0 Å². The van der Waals surface area contributed by atoms with Gasteiger partial charge in [0.25, 0.3) is 0 Å². The summed E-state index contributed by atoms with van der Waals surface area (Å²) in [6.45, 7) is 4.04. The summed E-state index contributed by atoms with van der Waals surface area (Å²) in [5, 5.41) is 18.3. The number of aromatic nitrogens is 2. The van der Waals surface area contributed by atoms with Gasteiger partial charge in [-0.2, -0.15) is 0 Å². The first kappa shape index (κ1) is 15.4. The second-order valence-electron chi connectivity index (χ2n) is 6.58. The van der Waals surface area contributed by atoms with Crippen molar-refractivity contribution < 1.29 is 5.21 Å². The van der Waals surface area contributed by atoms with E-state index in [9.17, 15) is 5.21 Å². The van der Waals surface area contributed by atoms with Crippen molar-refractivity contribution in [1.29, 1.82) is 0 Å². The van der Waals surface area contributed by atoms with Crippen molar-refractivity contribution in [3.05, 3.63) is 42.6 Å². The van der Waals surface area contributed by atoms with Crippen molar-refractivity contribution in [3.8, 4) is 11.1 Å². The Morgan fingerprint density at radius 3 is 2.69 bits per heavy atom. The van der Waals surface area contributed by atoms with E-state index >= 15 is 0 Å². The third kappa shape index (κ3) is 2.44. The maximum absolute atomic E-state index is 10.4. The molecular weight excluding hydrogens is 328 g/mol. The van der Waals surface area contributed by atoms with Crippen LogP contribution < -0.4 is 20.6 Å². The fourth-order valence-corrected chi connectivity index (χ4v) is 3.68. The number of hydroxylamine groups is 1. The van der Waals surface area contributed by atoms with Crippen LogP contribution in [0.1, 0.15) is 0 Å². The zero-order valence-electron chi connectivity index (χ0n) is 14.3. The van der Waals surface area contributed by atoms with E-state index in [4.69, 9.17) is 4.98 Å². The van der Waals surface area contributed by atoms with Gasteiger partial charge in [-0.3, -0.25) is 10.2 Å². The number of piperazine rings is 1. The lowest BCUT2D eigenvalue weighted by atomic mass is 10.0. The van der Waals surface area contributed by atoms with Gasteiger partial charge in [0.1, 0.15) is 23.7 Å². The van der Waals surface area contributed by atoms with Crippen molar-refractivity contribution in [1.82, 2.24) is 15.3 Å². The first-order chi connectivity index (χ1) is 12.8. The molecule has 0 radical (unpaired) electrons. The molecule has 7 nitrogen and oxygen atoms in total. The Labute approximate surface area is 151 Å². The van der Waals surface area contributed by atoms with Crippen LogP contribution in [0, 0.1) is 0 Å². The standard InChI is InChI=1S/C19H20N6O/c26-25-12-22-17-14(13-4-2-1-3-5-13)10-15-18(19(17)25)23-16(11-21-15)24-8-6-20-7-9-24/h1-5,10-11,20,22,26H,6-9,12H2. The smallest absolute Gasteiger partial charge is 0.148 e. The lowest BCUT2D eigenvalue weighted by Gasteiger charge is -2.28. The van der Waals surface area contributed by atoms with Crippen LogP contribution in [0.4, 0.5) is 17.2 Å². The van der Waals surface area contributed by atoms with Gasteiger partial charge in [0.2, 0.25) is 0 Å². The Balaban J connectivity index is 1.69. The zero-order valence-corrected chi connectivity index (χ0v) is 14.3. The molecule has 2 aromatic carbocycles. The highest BCUT2D eigenvalue weighted by atomic mass is 16.5. The molecule has 2 aliphatic rings. The summed E-state index contributed by atoms with van der Waals surface area (Å²) in [7, 11) is 0. The Morgan fingerprint density at radius 1 is 1.08 bits per heavy atom. The molecule has 0 spiro atoms. The molecule has 0 aliphatic carbocycles. The lowest BCUT2D eigenvalue weighted by Crippen LogP contribution is -2.43. The summed E-state index contributed by atoms with van der Waals surface area (Å²) in [6.07, 6.45) is 1.83. The Morgan fingerprint density at radius 2 is 1.88 bits per heavy atom. The molecule has 5 rings (SSSR count). The highest BCUT2D eigenvalue weighted by Gasteiger charge is 2.26. The van der Waals surface area contributed by atoms with E-state index in [0.29, 0.717) is 12.4 Å². The predicted molar refractivity (Wildman–Crippen MR) is 103 cm³/mol. The molecule has 0 atom stereocenters. The minimum atomic E-state index is 0.341. The van der Waals surface area contributed by atoms with E-state index in [1.54, 1.807) is 0 Å². The van der Waals surface area contributed by atoms with Crippen molar-refractivity contribution >= 4 is 28.2 Å². The van der Waals surface area contributed by atoms with Gasteiger partial charge in [0.15, 0.2) is 0 Å². The second kappa shape index (κ2) is 6.12. The summed E-state index contributed by atoms with van der Waals surface area (Å²) in [5.74, 6) is 0.856. The molecule has 3 N–H and O–H groups in total. The fourth-order valence-electron chi connectivity index (χ4n) is 3.68. The third-order valence-electron chi connectivity index (χ3n) is 4.99. The highest BCUT2D eigenvalue weighted by Crippen LogP contribution is 2.43. The van der Waals surface area contributed by atoms with Crippen LogP contribution in [-0.4, -0.2) is 48.0 Å². The van der Waals surface area contributed by atoms with Crippen molar-refractivity contribution in [2.45, 2.75) is 0 Å². The second-order valence-corrected chi connectivity index (χ2v) is 6.58. The number of fused-ring (bicyclic) bond motifs is 3. The molecule has 3 heterocycles.